The minimum absolute atomic E-state index is 0.448. The third-order valence-corrected chi connectivity index (χ3v) is 14.4. The van der Waals surface area contributed by atoms with Crippen molar-refractivity contribution in [2.45, 2.75) is 5.41 Å². The van der Waals surface area contributed by atoms with Gasteiger partial charge in [-0.15, -0.1) is 11.3 Å². The smallest absolute Gasteiger partial charge is 0.0726 e. The lowest BCUT2D eigenvalue weighted by Gasteiger charge is -2.32. The summed E-state index contributed by atoms with van der Waals surface area (Å²) in [6.45, 7) is 0. The van der Waals surface area contributed by atoms with Gasteiger partial charge < -0.3 is 4.90 Å². The zero-order chi connectivity index (χ0) is 40.1. The van der Waals surface area contributed by atoms with Gasteiger partial charge in [0.25, 0.3) is 0 Å². The highest BCUT2D eigenvalue weighted by Gasteiger charge is 2.51. The van der Waals surface area contributed by atoms with E-state index in [0.717, 1.165) is 11.4 Å². The molecule has 0 saturated carbocycles. The first-order valence-electron chi connectivity index (χ1n) is 21.1. The van der Waals surface area contributed by atoms with Crippen LogP contribution in [0.2, 0.25) is 0 Å². The number of nitrogens with zero attached hydrogens (tertiary/aromatic N) is 1. The average molecular weight is 792 g/mol. The predicted octanol–water partition coefficient (Wildman–Crippen LogP) is 16.4. The molecule has 0 amide bonds. The fourth-order valence-corrected chi connectivity index (χ4v) is 11.9. The molecule has 0 atom stereocenters. The molecule has 0 unspecified atom stereocenters. The van der Waals surface area contributed by atoms with E-state index in [2.05, 4.69) is 229 Å². The van der Waals surface area contributed by atoms with E-state index in [1.165, 1.54) is 103 Å². The second kappa shape index (κ2) is 13.2. The quantitative estimate of drug-likeness (QED) is 0.168. The van der Waals surface area contributed by atoms with Crippen LogP contribution in [-0.2, 0) is 5.41 Å². The van der Waals surface area contributed by atoms with Crippen molar-refractivity contribution in [3.05, 3.63) is 247 Å². The lowest BCUT2D eigenvalue weighted by Crippen LogP contribution is -2.26. The molecule has 0 N–H and O–H groups in total. The third-order valence-electron chi connectivity index (χ3n) is 13.2. The molecule has 0 fully saturated rings. The maximum absolute atomic E-state index is 2.54. The van der Waals surface area contributed by atoms with Crippen LogP contribution in [0.3, 0.4) is 0 Å². The van der Waals surface area contributed by atoms with Gasteiger partial charge >= 0.3 is 0 Å². The van der Waals surface area contributed by atoms with E-state index in [0.29, 0.717) is 0 Å². The summed E-state index contributed by atoms with van der Waals surface area (Å²) in [6, 6.07) is 83.5. The Labute approximate surface area is 359 Å². The van der Waals surface area contributed by atoms with Crippen molar-refractivity contribution < 1.29 is 0 Å². The van der Waals surface area contributed by atoms with Gasteiger partial charge in [-0.25, -0.2) is 0 Å². The first-order valence-corrected chi connectivity index (χ1v) is 21.9. The number of anilines is 3. The van der Waals surface area contributed by atoms with Gasteiger partial charge in [-0.05, 0) is 120 Å². The van der Waals surface area contributed by atoms with Crippen molar-refractivity contribution in [2.75, 3.05) is 4.90 Å². The number of benzene rings is 10. The Morgan fingerprint density at radius 1 is 0.344 bits per heavy atom. The lowest BCUT2D eigenvalue weighted by atomic mass is 9.70. The van der Waals surface area contributed by atoms with E-state index in [4.69, 9.17) is 0 Å². The topological polar surface area (TPSA) is 3.24 Å². The maximum Gasteiger partial charge on any atom is 0.0726 e. The van der Waals surface area contributed by atoms with E-state index in [9.17, 15) is 0 Å². The van der Waals surface area contributed by atoms with Crippen LogP contribution in [0.5, 0.6) is 0 Å². The molecule has 0 saturated heterocycles. The summed E-state index contributed by atoms with van der Waals surface area (Å²) < 4.78 is 2.58. The molecular weight excluding hydrogens is 755 g/mol. The van der Waals surface area contributed by atoms with Crippen LogP contribution < -0.4 is 4.90 Å². The molecule has 1 heterocycles. The molecule has 1 spiro atoms. The summed E-state index contributed by atoms with van der Waals surface area (Å²) in [5, 5.41) is 5.13. The number of hydrogen-bond donors (Lipinski definition) is 0. The highest BCUT2D eigenvalue weighted by Crippen LogP contribution is 2.63. The first kappa shape index (κ1) is 34.4. The molecule has 284 valence electrons. The molecule has 61 heavy (non-hydrogen) atoms. The van der Waals surface area contributed by atoms with Crippen LogP contribution in [0.15, 0.2) is 224 Å². The van der Waals surface area contributed by atoms with Gasteiger partial charge in [0.1, 0.15) is 0 Å². The zero-order valence-electron chi connectivity index (χ0n) is 33.2. The second-order valence-electron chi connectivity index (χ2n) is 16.4. The Hall–Kier alpha value is -7.52. The van der Waals surface area contributed by atoms with Gasteiger partial charge in [0.15, 0.2) is 0 Å². The standard InChI is InChI=1S/C59H37NS/c1-2-16-38(17-3-1)39-19-14-20-40(34-39)41-21-15-22-43(35-41)60(55-36-42-18-4-5-23-45(42)57-50-27-9-13-31-56(50)61-58(55)57)44-32-33-49-48-26-8-12-30-53(48)59(54(49)37-44)51-28-10-6-24-46(51)47-25-7-11-29-52(47)59/h1-37H. The normalized spacial score (nSPS) is 13.0. The summed E-state index contributed by atoms with van der Waals surface area (Å²) in [4.78, 5) is 2.54. The van der Waals surface area contributed by atoms with Crippen LogP contribution in [0.25, 0.3) is 75.5 Å². The summed E-state index contributed by atoms with van der Waals surface area (Å²) in [6.07, 6.45) is 0. The lowest BCUT2D eigenvalue weighted by molar-refractivity contribution is 0.793. The molecule has 13 rings (SSSR count). The van der Waals surface area contributed by atoms with Crippen LogP contribution >= 0.6 is 11.3 Å². The van der Waals surface area contributed by atoms with Gasteiger partial charge in [0.05, 0.1) is 15.8 Å². The summed E-state index contributed by atoms with van der Waals surface area (Å²) in [5.74, 6) is 0. The summed E-state index contributed by atoms with van der Waals surface area (Å²) in [5.41, 5.74) is 18.4. The molecule has 0 aliphatic heterocycles. The van der Waals surface area contributed by atoms with Crippen LogP contribution in [0.4, 0.5) is 17.1 Å². The van der Waals surface area contributed by atoms with Gasteiger partial charge in [-0.2, -0.15) is 0 Å². The van der Waals surface area contributed by atoms with Crippen molar-refractivity contribution in [2.24, 2.45) is 0 Å². The second-order valence-corrected chi connectivity index (χ2v) is 17.4. The number of hydrogen-bond acceptors (Lipinski definition) is 2. The first-order chi connectivity index (χ1) is 30.3. The highest BCUT2D eigenvalue weighted by atomic mass is 32.1. The highest BCUT2D eigenvalue weighted by molar-refractivity contribution is 7.26. The molecule has 0 bridgehead atoms. The van der Waals surface area contributed by atoms with Crippen molar-refractivity contribution >= 4 is 59.3 Å². The SMILES string of the molecule is c1ccc(-c2cccc(-c3cccc(N(c4ccc5c(c4)C4(c6ccccc6-c6ccccc64)c4ccccc4-5)c4cc5ccccc5c5c4sc4ccccc45)c3)c2)cc1. The molecule has 2 aliphatic carbocycles. The molecule has 2 aliphatic rings. The predicted molar refractivity (Wildman–Crippen MR) is 259 cm³/mol. The van der Waals surface area contributed by atoms with Crippen molar-refractivity contribution in [1.82, 2.24) is 0 Å². The largest absolute Gasteiger partial charge is 0.309 e. The van der Waals surface area contributed by atoms with E-state index in [1.807, 2.05) is 11.3 Å². The van der Waals surface area contributed by atoms with Crippen LogP contribution in [0, 0.1) is 0 Å². The summed E-state index contributed by atoms with van der Waals surface area (Å²) >= 11 is 1.89. The van der Waals surface area contributed by atoms with Crippen LogP contribution in [-0.4, -0.2) is 0 Å². The van der Waals surface area contributed by atoms with Crippen molar-refractivity contribution in [3.63, 3.8) is 0 Å². The Morgan fingerprint density at radius 2 is 0.869 bits per heavy atom. The molecule has 2 heteroatoms. The Bertz CT molecular complexity index is 3490. The minimum atomic E-state index is -0.448. The number of rotatable bonds is 5. The van der Waals surface area contributed by atoms with Crippen LogP contribution in [0.1, 0.15) is 22.3 Å². The Morgan fingerprint density at radius 3 is 1.59 bits per heavy atom. The molecule has 0 radical (unpaired) electrons. The fraction of sp³-hybridized carbons (Fsp3) is 0.0169. The van der Waals surface area contributed by atoms with Gasteiger partial charge in [0.2, 0.25) is 0 Å². The molecular formula is C59H37NS. The average Bonchev–Trinajstić information content (AvgIpc) is 3.97. The molecule has 11 aromatic rings. The maximum atomic E-state index is 2.54. The van der Waals surface area contributed by atoms with Gasteiger partial charge in [-0.1, -0.05) is 182 Å². The van der Waals surface area contributed by atoms with Gasteiger partial charge in [-0.3, -0.25) is 0 Å². The van der Waals surface area contributed by atoms with Crippen molar-refractivity contribution in [1.29, 1.82) is 0 Å². The third kappa shape index (κ3) is 4.94. The number of thiophene rings is 1. The van der Waals surface area contributed by atoms with E-state index in [-0.39, 0.29) is 0 Å². The van der Waals surface area contributed by atoms with Crippen molar-refractivity contribution in [3.8, 4) is 44.5 Å². The van der Waals surface area contributed by atoms with Gasteiger partial charge in [0, 0.05) is 26.8 Å². The van der Waals surface area contributed by atoms with E-state index in [1.54, 1.807) is 0 Å². The molecule has 1 nitrogen and oxygen atoms in total. The Kier molecular flexibility index (Phi) is 7.46. The zero-order valence-corrected chi connectivity index (χ0v) is 34.0. The monoisotopic (exact) mass is 791 g/mol. The van der Waals surface area contributed by atoms with E-state index < -0.39 is 5.41 Å². The Balaban J connectivity index is 1.10. The minimum Gasteiger partial charge on any atom is -0.309 e. The summed E-state index contributed by atoms with van der Waals surface area (Å²) in [7, 11) is 0. The number of fused-ring (bicyclic) bond motifs is 15. The van der Waals surface area contributed by atoms with E-state index >= 15 is 0 Å². The molecule has 10 aromatic carbocycles. The fourth-order valence-electron chi connectivity index (χ4n) is 10.7. The molecule has 1 aromatic heterocycles.